The first-order valence-corrected chi connectivity index (χ1v) is 63.9. The fourth-order valence-electron chi connectivity index (χ4n) is 20.2. The Labute approximate surface area is 888 Å². The number of rotatable bonds is 106. The molecule has 0 radical (unpaired) electrons. The highest BCUT2D eigenvalue weighted by Gasteiger charge is 2.55. The number of aliphatic hydroxyl groups is 3. The van der Waals surface area contributed by atoms with Gasteiger partial charge in [0.25, 0.3) is 0 Å². The van der Waals surface area contributed by atoms with Gasteiger partial charge in [-0.1, -0.05) is 484 Å². The fourth-order valence-corrected chi connectivity index (χ4v) is 21.2. The monoisotopic (exact) mass is 2120 g/mol. The minimum Gasteiger partial charge on any atom is -0.462 e. The van der Waals surface area contributed by atoms with Crippen LogP contribution in [-0.4, -0.2) is 176 Å². The molecule has 2 aliphatic rings. The zero-order valence-electron chi connectivity index (χ0n) is 93.8. The summed E-state index contributed by atoms with van der Waals surface area (Å²) >= 11 is 0. The van der Waals surface area contributed by atoms with Gasteiger partial charge in [0, 0.05) is 19.4 Å². The van der Waals surface area contributed by atoms with E-state index in [1.165, 1.54) is 161 Å². The van der Waals surface area contributed by atoms with E-state index in [2.05, 4.69) is 71.3 Å². The van der Waals surface area contributed by atoms with E-state index < -0.39 is 170 Å². The van der Waals surface area contributed by atoms with Crippen molar-refractivity contribution in [1.29, 1.82) is 0 Å². The second-order valence-electron chi connectivity index (χ2n) is 43.1. The van der Waals surface area contributed by atoms with E-state index in [0.29, 0.717) is 51.6 Å². The second kappa shape index (κ2) is 96.1. The van der Waals surface area contributed by atoms with E-state index in [1.54, 1.807) is 0 Å². The van der Waals surface area contributed by atoms with Crippen molar-refractivity contribution in [3.8, 4) is 0 Å². The third-order valence-corrected chi connectivity index (χ3v) is 30.1. The minimum atomic E-state index is -5.73. The summed E-state index contributed by atoms with van der Waals surface area (Å²) in [6.07, 6.45) is 63.2. The van der Waals surface area contributed by atoms with E-state index in [0.717, 1.165) is 283 Å². The lowest BCUT2D eigenvalue weighted by molar-refractivity contribution is -0.297. The molecule has 2 saturated heterocycles. The molecule has 0 aromatic carbocycles. The van der Waals surface area contributed by atoms with Gasteiger partial charge in [-0.2, -0.15) is 0 Å². The van der Waals surface area contributed by atoms with E-state index in [-0.39, 0.29) is 38.5 Å². The Hall–Kier alpha value is -3.50. The summed E-state index contributed by atoms with van der Waals surface area (Å²) in [6, 6.07) is -3.81. The lowest BCUT2D eigenvalue weighted by Gasteiger charge is -2.47. The molecule has 0 saturated carbocycles. The number of unbranched alkanes of at least 4 members (excludes halogenated alkanes) is 67. The number of carbonyl (C=O) groups is 6. The lowest BCUT2D eigenvalue weighted by atomic mass is 9.95. The fraction of sp³-hybridized carbons (Fsp3) is 0.932. The smallest absolute Gasteiger partial charge is 0.462 e. The van der Waals surface area contributed by atoms with Gasteiger partial charge in [-0.3, -0.25) is 37.8 Å². The number of phosphoric ester groups is 2. The molecule has 2 heterocycles. The maximum absolute atomic E-state index is 15.4. The van der Waals surface area contributed by atoms with Gasteiger partial charge in [-0.15, -0.1) is 0 Å². The maximum atomic E-state index is 15.4. The summed E-state index contributed by atoms with van der Waals surface area (Å²) in [5, 5.41) is 41.4. The summed E-state index contributed by atoms with van der Waals surface area (Å²) in [6.45, 7) is 13.7. The normalized spacial score (nSPS) is 19.1. The first-order chi connectivity index (χ1) is 70.8. The van der Waals surface area contributed by atoms with Crippen LogP contribution in [0.5, 0.6) is 0 Å². The number of carbonyl (C=O) groups excluding carboxylic acids is 6. The molecule has 0 bridgehead atoms. The molecule has 2 aliphatic heterocycles. The molecule has 27 nitrogen and oxygen atoms in total. The molecule has 9 N–H and O–H groups in total. The predicted molar refractivity (Wildman–Crippen MR) is 587 cm³/mol. The largest absolute Gasteiger partial charge is 0.472 e. The molecular formula is C117H222N2O25P2. The number of phosphoric acid groups is 2. The van der Waals surface area contributed by atoms with Gasteiger partial charge in [0.2, 0.25) is 11.8 Å². The van der Waals surface area contributed by atoms with Gasteiger partial charge in [-0.05, 0) is 83.5 Å². The number of amides is 2. The molecule has 2 fully saturated rings. The average Bonchev–Trinajstić information content (AvgIpc) is 0.775. The zero-order chi connectivity index (χ0) is 107. The molecule has 2 amide bonds. The first kappa shape index (κ1) is 139. The topological polar surface area (TPSA) is 395 Å². The van der Waals surface area contributed by atoms with E-state index in [1.807, 2.05) is 0 Å². The van der Waals surface area contributed by atoms with Crippen LogP contribution in [0.2, 0.25) is 0 Å². The summed E-state index contributed by atoms with van der Waals surface area (Å²) in [5.74, 6) is -4.73. The Balaban J connectivity index is 2.90. The highest BCUT2D eigenvalue weighted by Crippen LogP contribution is 2.45. The van der Waals surface area contributed by atoms with Gasteiger partial charge in [0.05, 0.1) is 51.1 Å². The van der Waals surface area contributed by atoms with E-state index in [4.69, 9.17) is 46.9 Å². The highest BCUT2D eigenvalue weighted by molar-refractivity contribution is 7.46. The third kappa shape index (κ3) is 79.5. The number of allylic oxidation sites excluding steroid dienone is 2. The van der Waals surface area contributed by atoms with Gasteiger partial charge in [0.1, 0.15) is 48.7 Å². The van der Waals surface area contributed by atoms with Crippen LogP contribution in [0.15, 0.2) is 12.2 Å². The quantitative estimate of drug-likeness (QED) is 0.00898. The second-order valence-corrected chi connectivity index (χ2v) is 45.5. The molecule has 0 aromatic heterocycles. The van der Waals surface area contributed by atoms with Crippen molar-refractivity contribution in [3.05, 3.63) is 12.2 Å². The first-order valence-electron chi connectivity index (χ1n) is 60.9. The molecule has 10 unspecified atom stereocenters. The molecule has 0 aromatic rings. The number of hydrogen-bond donors (Lipinski definition) is 9. The van der Waals surface area contributed by atoms with Gasteiger partial charge in [-0.25, -0.2) is 9.13 Å². The number of aliphatic hydroxyl groups excluding tert-OH is 3. The van der Waals surface area contributed by atoms with Gasteiger partial charge < -0.3 is 83.4 Å². The predicted octanol–water partition coefficient (Wildman–Crippen LogP) is 29.6. The number of ether oxygens (including phenoxy) is 8. The molecule has 0 spiro atoms. The third-order valence-electron chi connectivity index (χ3n) is 29.1. The molecule has 0 aliphatic carbocycles. The van der Waals surface area contributed by atoms with Crippen LogP contribution in [0.1, 0.15) is 594 Å². The van der Waals surface area contributed by atoms with E-state index in [9.17, 15) is 63.2 Å². The van der Waals surface area contributed by atoms with Crippen molar-refractivity contribution >= 4 is 51.3 Å². The van der Waals surface area contributed by atoms with Crippen LogP contribution in [0.25, 0.3) is 0 Å². The Morgan fingerprint density at radius 2 is 0.603 bits per heavy atom. The molecule has 14 atom stereocenters. The van der Waals surface area contributed by atoms with Crippen LogP contribution in [0.4, 0.5) is 0 Å². The SMILES string of the molecule is CCCCCC/C=C\CCCCCCCCOC(CCCCCCCCCCC)CC(=O)N[C@H]1C(OC(=O)CC(CCCCCCCCCCC)OC(=O)CCCCCCCCCCCCCCCC)C(OP(=O)(O)O)C(CO)O[C@H]1OCC1OC(OP(=O)(O)O)[C@@H](NC(=O)CC(CCCCCCCCCCC)OC(=O)CCCCCCCCCCCCCCC)C(OC(=O)CC(O)CCCCCCCCCCC)[C@@H]1O. The van der Waals surface area contributed by atoms with Crippen LogP contribution in [0, 0.1) is 0 Å². The number of hydrogen-bond acceptors (Lipinski definition) is 21. The molecule has 860 valence electrons. The van der Waals surface area contributed by atoms with Crippen molar-refractivity contribution < 1.29 is 120 Å². The summed E-state index contributed by atoms with van der Waals surface area (Å²) < 4.78 is 88.6. The number of nitrogens with one attached hydrogen (secondary N) is 2. The van der Waals surface area contributed by atoms with Gasteiger partial charge >= 0.3 is 39.5 Å². The van der Waals surface area contributed by atoms with Crippen molar-refractivity contribution in [3.63, 3.8) is 0 Å². The zero-order valence-corrected chi connectivity index (χ0v) is 95.6. The molecule has 29 heteroatoms. The van der Waals surface area contributed by atoms with Crippen LogP contribution >= 0.6 is 15.6 Å². The van der Waals surface area contributed by atoms with E-state index >= 15 is 9.59 Å². The average molecular weight is 2120 g/mol. The Morgan fingerprint density at radius 1 is 0.315 bits per heavy atom. The summed E-state index contributed by atoms with van der Waals surface area (Å²) in [5.41, 5.74) is 0. The van der Waals surface area contributed by atoms with Crippen molar-refractivity contribution in [2.45, 2.75) is 680 Å². The molecule has 146 heavy (non-hydrogen) atoms. The van der Waals surface area contributed by atoms with Crippen molar-refractivity contribution in [1.82, 2.24) is 10.6 Å². The lowest BCUT2D eigenvalue weighted by Crippen LogP contribution is -2.68. The summed E-state index contributed by atoms with van der Waals surface area (Å²) in [7, 11) is -11.4. The maximum Gasteiger partial charge on any atom is 0.472 e. The highest BCUT2D eigenvalue weighted by atomic mass is 31.2. The van der Waals surface area contributed by atoms with Crippen LogP contribution in [0.3, 0.4) is 0 Å². The Morgan fingerprint density at radius 3 is 0.966 bits per heavy atom. The number of esters is 4. The Bertz CT molecular complexity index is 3190. The molecular weight excluding hydrogens is 1900 g/mol. The van der Waals surface area contributed by atoms with Crippen LogP contribution in [-0.2, 0) is 84.8 Å². The van der Waals surface area contributed by atoms with Crippen molar-refractivity contribution in [2.75, 3.05) is 19.8 Å². The summed E-state index contributed by atoms with van der Waals surface area (Å²) in [4.78, 5) is 131. The standard InChI is InChI=1S/C117H222N2O25P2/c1-8-15-22-29-36-43-46-49-52-55-62-69-76-83-90-107(125)138-101(88-81-74-67-60-42-35-28-21-14-7)95-109(127)142-115-111(119-104(122)93-99(86-79-72-65-58-40-33-26-19-12-5)135-91-84-77-70-63-56-53-50-47-44-37-30-23-16-9-2)116(139-102(96-120)113(115)143-145(129,130)131)136-97-103-112(128)114(141-108(126)92-98(121)85-78-71-64-57-39-32-25-18-11-4)110(117(140-103)144-146(132,133)134)118-105(123)94-100(87-80-73-66-59-41-34-27-20-13-6)137-106(124)89-82-75-68-61-54-51-48-45-38-31-24-17-10-3/h44,47,98-103,110-117,120-121,128H,8-43,45-46,48-97H2,1-7H3,(H,118,123)(H,119,122)(H2,129,130,131)(H2,132,133,134)/b47-44-/t98?,99?,100?,101?,102?,103?,110-,111-,112+,113?,114?,115?,116+,117?/m0/s1. The Kier molecular flexibility index (Phi) is 91.2. The van der Waals surface area contributed by atoms with Crippen molar-refractivity contribution in [2.24, 2.45) is 0 Å². The van der Waals surface area contributed by atoms with Gasteiger partial charge in [0.15, 0.2) is 24.8 Å². The van der Waals surface area contributed by atoms with Crippen LogP contribution < -0.4 is 10.6 Å². The molecule has 2 rings (SSSR count). The minimum absolute atomic E-state index is 0.0943.